The van der Waals surface area contributed by atoms with Gasteiger partial charge in [0.25, 0.3) is 0 Å². The molecule has 0 saturated carbocycles. The molecule has 8 heteroatoms. The number of amides is 1. The molecule has 0 unspecified atom stereocenters. The number of nitrogens with one attached hydrogen (secondary N) is 1. The van der Waals surface area contributed by atoms with E-state index in [1.807, 2.05) is 7.05 Å². The predicted molar refractivity (Wildman–Crippen MR) is 102 cm³/mol. The number of hydrogen-bond acceptors (Lipinski definition) is 6. The van der Waals surface area contributed by atoms with E-state index in [1.54, 1.807) is 11.0 Å². The van der Waals surface area contributed by atoms with Crippen LogP contribution in [0, 0.1) is 5.92 Å². The van der Waals surface area contributed by atoms with Gasteiger partial charge < -0.3 is 19.7 Å². The van der Waals surface area contributed by atoms with Crippen molar-refractivity contribution < 1.29 is 22.7 Å². The smallest absolute Gasteiger partial charge is 0.223 e. The second-order valence-electron chi connectivity index (χ2n) is 7.09. The van der Waals surface area contributed by atoms with Gasteiger partial charge in [0.1, 0.15) is 13.2 Å². The number of carbonyl (C=O) groups excluding carboxylic acids is 1. The predicted octanol–water partition coefficient (Wildman–Crippen LogP) is 1.47. The Morgan fingerprint density at radius 1 is 1.19 bits per heavy atom. The van der Waals surface area contributed by atoms with Crippen LogP contribution in [0.15, 0.2) is 23.1 Å². The molecule has 0 aliphatic carbocycles. The number of likely N-dealkylation sites (tertiary alicyclic amines) is 1. The summed E-state index contributed by atoms with van der Waals surface area (Å²) in [6.07, 6.45) is 3.11. The van der Waals surface area contributed by atoms with Crippen LogP contribution in [0.1, 0.15) is 25.7 Å². The first-order valence-corrected chi connectivity index (χ1v) is 11.2. The fraction of sp³-hybridized carbons (Fsp3) is 0.632. The van der Waals surface area contributed by atoms with Crippen molar-refractivity contribution in [1.29, 1.82) is 0 Å². The van der Waals surface area contributed by atoms with E-state index in [0.29, 0.717) is 30.6 Å². The lowest BCUT2D eigenvalue weighted by Crippen LogP contribution is -2.39. The minimum atomic E-state index is -3.54. The highest BCUT2D eigenvalue weighted by molar-refractivity contribution is 7.91. The topological polar surface area (TPSA) is 84.9 Å². The lowest BCUT2D eigenvalue weighted by atomic mass is 9.93. The molecule has 1 saturated heterocycles. The second-order valence-corrected chi connectivity index (χ2v) is 9.20. The summed E-state index contributed by atoms with van der Waals surface area (Å²) in [4.78, 5) is 14.4. The first kappa shape index (κ1) is 19.9. The van der Waals surface area contributed by atoms with Gasteiger partial charge in [0.15, 0.2) is 21.3 Å². The summed E-state index contributed by atoms with van der Waals surface area (Å²) in [6, 6.07) is 4.61. The molecule has 1 aromatic carbocycles. The summed E-state index contributed by atoms with van der Waals surface area (Å²) < 4.78 is 36.1. The van der Waals surface area contributed by atoms with Gasteiger partial charge in [-0.2, -0.15) is 0 Å². The Morgan fingerprint density at radius 2 is 1.89 bits per heavy atom. The van der Waals surface area contributed by atoms with Crippen LogP contribution < -0.4 is 14.8 Å². The summed E-state index contributed by atoms with van der Waals surface area (Å²) in [6.45, 7) is 3.29. The van der Waals surface area contributed by atoms with Crippen LogP contribution in [0.5, 0.6) is 11.5 Å². The average molecular weight is 397 g/mol. The van der Waals surface area contributed by atoms with Crippen molar-refractivity contribution in [3.63, 3.8) is 0 Å². The zero-order chi connectivity index (χ0) is 19.3. The summed E-state index contributed by atoms with van der Waals surface area (Å²) >= 11 is 0. The molecule has 0 bridgehead atoms. The van der Waals surface area contributed by atoms with Crippen LogP contribution in [0.2, 0.25) is 0 Å². The van der Waals surface area contributed by atoms with E-state index >= 15 is 0 Å². The van der Waals surface area contributed by atoms with Crippen LogP contribution in [0.3, 0.4) is 0 Å². The van der Waals surface area contributed by atoms with Crippen molar-refractivity contribution in [2.75, 3.05) is 45.6 Å². The number of fused-ring (bicyclic) bond motifs is 1. The Bertz CT molecular complexity index is 757. The first-order valence-electron chi connectivity index (χ1n) is 9.54. The Morgan fingerprint density at radius 3 is 2.59 bits per heavy atom. The molecule has 2 aliphatic heterocycles. The van der Waals surface area contributed by atoms with E-state index in [0.717, 1.165) is 38.9 Å². The van der Waals surface area contributed by atoms with Crippen molar-refractivity contribution in [2.24, 2.45) is 5.92 Å². The lowest BCUT2D eigenvalue weighted by Gasteiger charge is -2.32. The highest BCUT2D eigenvalue weighted by Gasteiger charge is 2.25. The quantitative estimate of drug-likeness (QED) is 0.751. The number of benzene rings is 1. The minimum Gasteiger partial charge on any atom is -0.486 e. The standard InChI is InChI=1S/C19H28N2O5S/c1-20-8-4-15-5-9-21(10-6-15)19(22)7-13-27(23,24)16-2-3-17-18(14-16)26-12-11-25-17/h2-3,14-15,20H,4-13H2,1H3. The van der Waals surface area contributed by atoms with E-state index in [-0.39, 0.29) is 23.0 Å². The van der Waals surface area contributed by atoms with Gasteiger partial charge in [-0.25, -0.2) is 8.42 Å². The molecule has 0 atom stereocenters. The molecule has 1 aromatic rings. The van der Waals surface area contributed by atoms with Crippen LogP contribution in [-0.2, 0) is 14.6 Å². The van der Waals surface area contributed by atoms with E-state index in [2.05, 4.69) is 5.32 Å². The Balaban J connectivity index is 1.52. The number of piperidine rings is 1. The summed E-state index contributed by atoms with van der Waals surface area (Å²) in [5, 5.41) is 3.16. The van der Waals surface area contributed by atoms with Gasteiger partial charge in [0.05, 0.1) is 10.6 Å². The molecular formula is C19H28N2O5S. The fourth-order valence-electron chi connectivity index (χ4n) is 3.53. The van der Waals surface area contributed by atoms with Crippen molar-refractivity contribution in [3.05, 3.63) is 18.2 Å². The maximum atomic E-state index is 12.6. The van der Waals surface area contributed by atoms with Crippen LogP contribution >= 0.6 is 0 Å². The van der Waals surface area contributed by atoms with Crippen LogP contribution in [0.25, 0.3) is 0 Å². The van der Waals surface area contributed by atoms with Crippen molar-refractivity contribution in [1.82, 2.24) is 10.2 Å². The summed E-state index contributed by atoms with van der Waals surface area (Å²) in [5.74, 6) is 1.37. The van der Waals surface area contributed by atoms with E-state index in [4.69, 9.17) is 9.47 Å². The summed E-state index contributed by atoms with van der Waals surface area (Å²) in [7, 11) is -1.60. The highest BCUT2D eigenvalue weighted by atomic mass is 32.2. The van der Waals surface area contributed by atoms with Crippen LogP contribution in [0.4, 0.5) is 0 Å². The van der Waals surface area contributed by atoms with Gasteiger partial charge in [-0.05, 0) is 50.9 Å². The molecule has 27 heavy (non-hydrogen) atoms. The zero-order valence-corrected chi connectivity index (χ0v) is 16.6. The minimum absolute atomic E-state index is 0.0119. The number of carbonyl (C=O) groups is 1. The number of nitrogens with zero attached hydrogens (tertiary/aromatic N) is 1. The van der Waals surface area contributed by atoms with Gasteiger partial charge >= 0.3 is 0 Å². The number of sulfone groups is 1. The Hall–Kier alpha value is -1.80. The normalized spacial score (nSPS) is 17.7. The monoisotopic (exact) mass is 396 g/mol. The summed E-state index contributed by atoms with van der Waals surface area (Å²) in [5.41, 5.74) is 0. The molecule has 0 aromatic heterocycles. The molecule has 7 nitrogen and oxygen atoms in total. The third-order valence-corrected chi connectivity index (χ3v) is 6.94. The fourth-order valence-corrected chi connectivity index (χ4v) is 4.78. The maximum absolute atomic E-state index is 12.6. The van der Waals surface area contributed by atoms with Crippen molar-refractivity contribution >= 4 is 15.7 Å². The largest absolute Gasteiger partial charge is 0.486 e. The molecule has 0 radical (unpaired) electrons. The first-order chi connectivity index (χ1) is 13.0. The molecule has 3 rings (SSSR count). The Labute approximate surface area is 160 Å². The third kappa shape index (κ3) is 5.13. The highest BCUT2D eigenvalue weighted by Crippen LogP contribution is 2.32. The van der Waals surface area contributed by atoms with Crippen molar-refractivity contribution in [3.8, 4) is 11.5 Å². The molecule has 1 amide bonds. The molecule has 1 N–H and O–H groups in total. The van der Waals surface area contributed by atoms with Gasteiger partial charge in [0.2, 0.25) is 5.91 Å². The maximum Gasteiger partial charge on any atom is 0.223 e. The zero-order valence-electron chi connectivity index (χ0n) is 15.8. The van der Waals surface area contributed by atoms with Crippen molar-refractivity contribution in [2.45, 2.75) is 30.6 Å². The van der Waals surface area contributed by atoms with E-state index in [9.17, 15) is 13.2 Å². The second kappa shape index (κ2) is 8.93. The van der Waals surface area contributed by atoms with E-state index < -0.39 is 9.84 Å². The average Bonchev–Trinajstić information content (AvgIpc) is 2.70. The molecule has 2 aliphatic rings. The molecule has 1 fully saturated rings. The number of hydrogen-bond donors (Lipinski definition) is 1. The molecular weight excluding hydrogens is 368 g/mol. The lowest BCUT2D eigenvalue weighted by molar-refractivity contribution is -0.132. The number of rotatable bonds is 7. The van der Waals surface area contributed by atoms with Gasteiger partial charge in [0, 0.05) is 25.6 Å². The molecule has 0 spiro atoms. The van der Waals surface area contributed by atoms with Gasteiger partial charge in [-0.1, -0.05) is 0 Å². The third-order valence-electron chi connectivity index (χ3n) is 5.23. The molecule has 150 valence electrons. The SMILES string of the molecule is CNCCC1CCN(C(=O)CCS(=O)(=O)c2ccc3c(c2)OCCO3)CC1. The van der Waals surface area contributed by atoms with Crippen LogP contribution in [-0.4, -0.2) is 64.9 Å². The van der Waals surface area contributed by atoms with Gasteiger partial charge in [-0.15, -0.1) is 0 Å². The molecule has 2 heterocycles. The van der Waals surface area contributed by atoms with E-state index in [1.165, 1.54) is 12.1 Å². The Kier molecular flexibility index (Phi) is 6.59. The van der Waals surface area contributed by atoms with Gasteiger partial charge in [-0.3, -0.25) is 4.79 Å². The number of ether oxygens (including phenoxy) is 2.